The summed E-state index contributed by atoms with van der Waals surface area (Å²) in [5.41, 5.74) is 1.61. The highest BCUT2D eigenvalue weighted by atomic mass is 19.1. The molecule has 1 N–H and O–H groups in total. The lowest BCUT2D eigenvalue weighted by Gasteiger charge is -2.35. The van der Waals surface area contributed by atoms with Gasteiger partial charge in [0.2, 0.25) is 11.8 Å². The lowest BCUT2D eigenvalue weighted by atomic mass is 10.1. The van der Waals surface area contributed by atoms with E-state index in [-0.39, 0.29) is 31.3 Å². The molecule has 1 atom stereocenters. The van der Waals surface area contributed by atoms with E-state index in [0.717, 1.165) is 0 Å². The van der Waals surface area contributed by atoms with Gasteiger partial charge in [-0.1, -0.05) is 16.4 Å². The van der Waals surface area contributed by atoms with Gasteiger partial charge in [-0.05, 0) is 13.0 Å². The van der Waals surface area contributed by atoms with Crippen LogP contribution in [0, 0.1) is 12.7 Å². The third-order valence-corrected chi connectivity index (χ3v) is 5.00. The van der Waals surface area contributed by atoms with Crippen molar-refractivity contribution >= 4 is 11.8 Å². The number of hydrogen-bond donors (Lipinski definition) is 1. The summed E-state index contributed by atoms with van der Waals surface area (Å²) in [4.78, 5) is 28.4. The fourth-order valence-electron chi connectivity index (χ4n) is 3.20. The molecule has 0 unspecified atom stereocenters. The minimum Gasteiger partial charge on any atom is -0.497 e. The maximum Gasteiger partial charge on any atom is 0.237 e. The van der Waals surface area contributed by atoms with Crippen LogP contribution in [0.15, 0.2) is 22.8 Å². The molecule has 1 aromatic heterocycles. The van der Waals surface area contributed by atoms with E-state index in [1.165, 1.54) is 18.1 Å². The number of piperazine rings is 1. The fourth-order valence-corrected chi connectivity index (χ4v) is 3.20. The molecule has 1 aliphatic heterocycles. The molecule has 1 aromatic carbocycles. The van der Waals surface area contributed by atoms with Crippen molar-refractivity contribution < 1.29 is 23.3 Å². The molecule has 0 spiro atoms. The number of benzene rings is 1. The number of rotatable bonds is 7. The van der Waals surface area contributed by atoms with Crippen LogP contribution >= 0.6 is 0 Å². The quantitative estimate of drug-likeness (QED) is 0.730. The van der Waals surface area contributed by atoms with Crippen LogP contribution < -0.4 is 10.1 Å². The number of nitrogens with one attached hydrogen (secondary N) is 1. The number of carbonyl (C=O) groups is 2. The molecule has 1 aliphatic rings. The first-order valence-corrected chi connectivity index (χ1v) is 9.25. The SMILES string of the molecule is COc1ccc(CN2CCNC(=O)[C@@H]2CC(=O)N(C)Cc2nonc2C)c(F)c1. The average Bonchev–Trinajstić information content (AvgIpc) is 3.10. The van der Waals surface area contributed by atoms with E-state index < -0.39 is 11.9 Å². The normalized spacial score (nSPS) is 17.1. The van der Waals surface area contributed by atoms with Crippen molar-refractivity contribution in [3.63, 3.8) is 0 Å². The van der Waals surface area contributed by atoms with Gasteiger partial charge < -0.3 is 15.0 Å². The fraction of sp³-hybridized carbons (Fsp3) is 0.474. The van der Waals surface area contributed by atoms with Crippen molar-refractivity contribution in [3.8, 4) is 5.75 Å². The molecule has 0 bridgehead atoms. The predicted octanol–water partition coefficient (Wildman–Crippen LogP) is 0.875. The molecule has 2 aromatic rings. The number of ether oxygens (including phenoxy) is 1. The van der Waals surface area contributed by atoms with Gasteiger partial charge in [0.1, 0.15) is 23.0 Å². The van der Waals surface area contributed by atoms with E-state index in [1.807, 2.05) is 4.90 Å². The Hall–Kier alpha value is -3.01. The summed E-state index contributed by atoms with van der Waals surface area (Å²) in [6.45, 7) is 3.16. The lowest BCUT2D eigenvalue weighted by molar-refractivity contribution is -0.138. The number of methoxy groups -OCH3 is 1. The summed E-state index contributed by atoms with van der Waals surface area (Å²) in [5, 5.41) is 10.2. The molecule has 156 valence electrons. The highest BCUT2D eigenvalue weighted by Gasteiger charge is 2.33. The maximum absolute atomic E-state index is 14.4. The lowest BCUT2D eigenvalue weighted by Crippen LogP contribution is -2.56. The standard InChI is InChI=1S/C19H24FN5O4/c1-12-16(23-29-22-12)11-24(2)18(26)9-17-19(27)21-6-7-25(17)10-13-4-5-14(28-3)8-15(13)20/h4-5,8,17H,6-7,9-11H2,1-3H3,(H,21,27)/t17-/m0/s1. The summed E-state index contributed by atoms with van der Waals surface area (Å²) in [6.07, 6.45) is -0.0234. The second-order valence-corrected chi connectivity index (χ2v) is 6.98. The highest BCUT2D eigenvalue weighted by molar-refractivity contribution is 5.88. The molecule has 0 radical (unpaired) electrons. The van der Waals surface area contributed by atoms with Crippen LogP contribution in [0.4, 0.5) is 4.39 Å². The molecule has 2 heterocycles. The molecule has 9 nitrogen and oxygen atoms in total. The van der Waals surface area contributed by atoms with Crippen LogP contribution in [-0.4, -0.2) is 65.2 Å². The highest BCUT2D eigenvalue weighted by Crippen LogP contribution is 2.21. The molecular formula is C19H24FN5O4. The third kappa shape index (κ3) is 4.89. The van der Waals surface area contributed by atoms with Gasteiger partial charge in [-0.2, -0.15) is 0 Å². The van der Waals surface area contributed by atoms with Gasteiger partial charge in [0, 0.05) is 38.3 Å². The molecule has 3 rings (SSSR count). The number of halogens is 1. The molecule has 2 amide bonds. The first kappa shape index (κ1) is 20.7. The zero-order chi connectivity index (χ0) is 21.0. The molecule has 10 heteroatoms. The summed E-state index contributed by atoms with van der Waals surface area (Å²) in [7, 11) is 3.10. The summed E-state index contributed by atoms with van der Waals surface area (Å²) < 4.78 is 24.0. The third-order valence-electron chi connectivity index (χ3n) is 5.00. The zero-order valence-corrected chi connectivity index (χ0v) is 16.6. The molecule has 0 saturated carbocycles. The van der Waals surface area contributed by atoms with Crippen LogP contribution in [0.1, 0.15) is 23.4 Å². The molecule has 0 aliphatic carbocycles. The Balaban J connectivity index is 1.68. The number of hydrogen-bond acceptors (Lipinski definition) is 7. The van der Waals surface area contributed by atoms with Crippen LogP contribution in [0.5, 0.6) is 5.75 Å². The minimum absolute atomic E-state index is 0.0234. The first-order chi connectivity index (χ1) is 13.9. The van der Waals surface area contributed by atoms with Crippen LogP contribution in [0.25, 0.3) is 0 Å². The number of nitrogens with zero attached hydrogens (tertiary/aromatic N) is 4. The second-order valence-electron chi connectivity index (χ2n) is 6.98. The van der Waals surface area contributed by atoms with Crippen molar-refractivity contribution in [1.82, 2.24) is 25.4 Å². The minimum atomic E-state index is -0.684. The summed E-state index contributed by atoms with van der Waals surface area (Å²) in [5.74, 6) is -0.457. The smallest absolute Gasteiger partial charge is 0.237 e. The molecule has 29 heavy (non-hydrogen) atoms. The van der Waals surface area contributed by atoms with Crippen molar-refractivity contribution in [2.45, 2.75) is 32.5 Å². The van der Waals surface area contributed by atoms with E-state index in [4.69, 9.17) is 4.74 Å². The maximum atomic E-state index is 14.4. The Kier molecular flexibility index (Phi) is 6.42. The van der Waals surface area contributed by atoms with Crippen LogP contribution in [-0.2, 0) is 22.7 Å². The van der Waals surface area contributed by atoms with Crippen molar-refractivity contribution in [2.75, 3.05) is 27.2 Å². The Morgan fingerprint density at radius 3 is 2.90 bits per heavy atom. The summed E-state index contributed by atoms with van der Waals surface area (Å²) >= 11 is 0. The largest absolute Gasteiger partial charge is 0.497 e. The van der Waals surface area contributed by atoms with E-state index in [9.17, 15) is 14.0 Å². The van der Waals surface area contributed by atoms with E-state index in [2.05, 4.69) is 20.3 Å². The Morgan fingerprint density at radius 2 is 2.24 bits per heavy atom. The average molecular weight is 405 g/mol. The topological polar surface area (TPSA) is 101 Å². The predicted molar refractivity (Wildman–Crippen MR) is 100 cm³/mol. The zero-order valence-electron chi connectivity index (χ0n) is 16.6. The Bertz CT molecular complexity index is 887. The van der Waals surface area contributed by atoms with Crippen molar-refractivity contribution in [3.05, 3.63) is 41.0 Å². The van der Waals surface area contributed by atoms with Gasteiger partial charge >= 0.3 is 0 Å². The van der Waals surface area contributed by atoms with E-state index in [0.29, 0.717) is 35.8 Å². The Labute approximate surface area is 167 Å². The molecular weight excluding hydrogens is 381 g/mol. The second kappa shape index (κ2) is 8.99. The number of amides is 2. The summed E-state index contributed by atoms with van der Waals surface area (Å²) in [6, 6.07) is 3.93. The van der Waals surface area contributed by atoms with Crippen LogP contribution in [0.2, 0.25) is 0 Å². The van der Waals surface area contributed by atoms with E-state index >= 15 is 0 Å². The van der Waals surface area contributed by atoms with Gasteiger partial charge in [-0.15, -0.1) is 0 Å². The van der Waals surface area contributed by atoms with Crippen molar-refractivity contribution in [2.24, 2.45) is 0 Å². The van der Waals surface area contributed by atoms with Gasteiger partial charge in [0.15, 0.2) is 0 Å². The van der Waals surface area contributed by atoms with Crippen LogP contribution in [0.3, 0.4) is 0 Å². The Morgan fingerprint density at radius 1 is 1.45 bits per heavy atom. The molecule has 1 saturated heterocycles. The molecule has 1 fully saturated rings. The van der Waals surface area contributed by atoms with Gasteiger partial charge in [-0.25, -0.2) is 9.02 Å². The monoisotopic (exact) mass is 405 g/mol. The first-order valence-electron chi connectivity index (χ1n) is 9.25. The number of carbonyl (C=O) groups excluding carboxylic acids is 2. The number of aryl methyl sites for hydroxylation is 1. The van der Waals surface area contributed by atoms with E-state index in [1.54, 1.807) is 26.1 Å². The van der Waals surface area contributed by atoms with Gasteiger partial charge in [-0.3, -0.25) is 14.5 Å². The number of aromatic nitrogens is 2. The van der Waals surface area contributed by atoms with Crippen molar-refractivity contribution in [1.29, 1.82) is 0 Å². The van der Waals surface area contributed by atoms with Gasteiger partial charge in [0.05, 0.1) is 26.1 Å². The van der Waals surface area contributed by atoms with Gasteiger partial charge in [0.25, 0.3) is 0 Å².